The van der Waals surface area contributed by atoms with E-state index in [0.717, 1.165) is 43.2 Å². The molecule has 2 fully saturated rings. The van der Waals surface area contributed by atoms with E-state index >= 15 is 0 Å². The predicted octanol–water partition coefficient (Wildman–Crippen LogP) is 5.14. The molecule has 5 heteroatoms. The van der Waals surface area contributed by atoms with E-state index in [1.54, 1.807) is 12.5 Å². The van der Waals surface area contributed by atoms with Crippen LogP contribution in [0.1, 0.15) is 71.0 Å². The number of carboxylic acids is 1. The lowest BCUT2D eigenvalue weighted by Gasteiger charge is -2.57. The van der Waals surface area contributed by atoms with Gasteiger partial charge in [-0.05, 0) is 62.3 Å². The van der Waals surface area contributed by atoms with Gasteiger partial charge in [0.2, 0.25) is 0 Å². The van der Waals surface area contributed by atoms with Crippen molar-refractivity contribution >= 4 is 11.9 Å². The van der Waals surface area contributed by atoms with E-state index in [2.05, 4.69) is 13.5 Å². The maximum atomic E-state index is 12.1. The zero-order valence-electron chi connectivity index (χ0n) is 16.5. The molecule has 0 spiro atoms. The third-order valence-electron chi connectivity index (χ3n) is 7.18. The van der Waals surface area contributed by atoms with Gasteiger partial charge in [-0.3, -0.25) is 9.59 Å². The minimum absolute atomic E-state index is 0.0917. The summed E-state index contributed by atoms with van der Waals surface area (Å²) in [4.78, 5) is 23.8. The molecule has 1 aromatic rings. The fourth-order valence-electron chi connectivity index (χ4n) is 5.77. The van der Waals surface area contributed by atoms with Crippen LogP contribution in [-0.4, -0.2) is 17.0 Å². The number of fused-ring (bicyclic) bond motifs is 1. The van der Waals surface area contributed by atoms with Crippen molar-refractivity contribution in [1.82, 2.24) is 0 Å². The van der Waals surface area contributed by atoms with Gasteiger partial charge < -0.3 is 14.3 Å². The molecule has 0 saturated heterocycles. The maximum Gasteiger partial charge on any atom is 0.309 e. The topological polar surface area (TPSA) is 76.7 Å². The zero-order chi connectivity index (χ0) is 19.8. The van der Waals surface area contributed by atoms with Crippen LogP contribution in [0.15, 0.2) is 35.2 Å². The number of ether oxygens (including phenoxy) is 1. The van der Waals surface area contributed by atoms with E-state index in [1.807, 2.05) is 13.0 Å². The highest BCUT2D eigenvalue weighted by molar-refractivity contribution is 5.75. The van der Waals surface area contributed by atoms with Gasteiger partial charge in [-0.1, -0.05) is 25.5 Å². The Morgan fingerprint density at radius 2 is 2.15 bits per heavy atom. The fraction of sp³-hybridized carbons (Fsp3) is 0.636. The highest BCUT2D eigenvalue weighted by Gasteiger charge is 2.57. The predicted molar refractivity (Wildman–Crippen MR) is 101 cm³/mol. The number of carbonyl (C=O) groups excluding carboxylic acids is 1. The number of furan rings is 1. The first kappa shape index (κ1) is 19.7. The van der Waals surface area contributed by atoms with Gasteiger partial charge >= 0.3 is 11.9 Å². The third-order valence-corrected chi connectivity index (χ3v) is 7.18. The molecule has 5 nitrogen and oxygen atoms in total. The molecule has 0 amide bonds. The van der Waals surface area contributed by atoms with E-state index in [0.29, 0.717) is 6.42 Å². The lowest BCUT2D eigenvalue weighted by molar-refractivity contribution is -0.165. The van der Waals surface area contributed by atoms with Crippen molar-refractivity contribution in [3.05, 3.63) is 36.3 Å². The molecule has 2 aliphatic rings. The van der Waals surface area contributed by atoms with E-state index in [4.69, 9.17) is 9.15 Å². The minimum Gasteiger partial charge on any atom is -0.481 e. The smallest absolute Gasteiger partial charge is 0.309 e. The Labute approximate surface area is 160 Å². The molecule has 2 saturated carbocycles. The largest absolute Gasteiger partial charge is 0.481 e. The van der Waals surface area contributed by atoms with Crippen LogP contribution in [0, 0.1) is 22.7 Å². The summed E-state index contributed by atoms with van der Waals surface area (Å²) in [7, 11) is 0. The number of hydrogen-bond donors (Lipinski definition) is 1. The van der Waals surface area contributed by atoms with Gasteiger partial charge in [0.15, 0.2) is 0 Å². The fourth-order valence-corrected chi connectivity index (χ4v) is 5.77. The van der Waals surface area contributed by atoms with Gasteiger partial charge in [-0.2, -0.15) is 0 Å². The first-order chi connectivity index (χ1) is 12.7. The molecular formula is C22H30O5. The van der Waals surface area contributed by atoms with E-state index in [-0.39, 0.29) is 23.2 Å². The van der Waals surface area contributed by atoms with Gasteiger partial charge in [-0.15, -0.1) is 0 Å². The standard InChI is InChI=1S/C22H30O5/c1-14-6-7-19-21(3,9-5-10-22(19,4)20(24)25)17(14)12-18(27-15(2)23)16-8-11-26-13-16/h8,11,13,17-19H,1,5-7,9-10,12H2,2-4H3,(H,24,25)/t17-,18-,19-,21+,22-/m1/s1. The van der Waals surface area contributed by atoms with Crippen LogP contribution in [0.2, 0.25) is 0 Å². The van der Waals surface area contributed by atoms with Crippen molar-refractivity contribution in [3.63, 3.8) is 0 Å². The summed E-state index contributed by atoms with van der Waals surface area (Å²) in [6, 6.07) is 1.82. The third kappa shape index (κ3) is 3.44. The molecule has 3 rings (SSSR count). The first-order valence-corrected chi connectivity index (χ1v) is 9.79. The second-order valence-corrected chi connectivity index (χ2v) is 8.77. The molecule has 148 valence electrons. The van der Waals surface area contributed by atoms with Crippen molar-refractivity contribution < 1.29 is 23.8 Å². The van der Waals surface area contributed by atoms with E-state index in [9.17, 15) is 14.7 Å². The van der Waals surface area contributed by atoms with E-state index in [1.165, 1.54) is 6.92 Å². The number of hydrogen-bond acceptors (Lipinski definition) is 4. The van der Waals surface area contributed by atoms with Crippen molar-refractivity contribution in [3.8, 4) is 0 Å². The summed E-state index contributed by atoms with van der Waals surface area (Å²) < 4.78 is 10.8. The van der Waals surface area contributed by atoms with Crippen LogP contribution in [0.5, 0.6) is 0 Å². The summed E-state index contributed by atoms with van der Waals surface area (Å²) in [5, 5.41) is 9.95. The van der Waals surface area contributed by atoms with Crippen LogP contribution in [0.3, 0.4) is 0 Å². The summed E-state index contributed by atoms with van der Waals surface area (Å²) in [6.07, 6.45) is 7.67. The quantitative estimate of drug-likeness (QED) is 0.570. The Morgan fingerprint density at radius 1 is 1.41 bits per heavy atom. The zero-order valence-corrected chi connectivity index (χ0v) is 16.5. The average Bonchev–Trinajstić information content (AvgIpc) is 3.11. The van der Waals surface area contributed by atoms with Gasteiger partial charge in [0, 0.05) is 12.5 Å². The summed E-state index contributed by atoms with van der Waals surface area (Å²) >= 11 is 0. The van der Waals surface area contributed by atoms with Crippen molar-refractivity contribution in [2.45, 2.75) is 65.4 Å². The monoisotopic (exact) mass is 374 g/mol. The molecule has 0 unspecified atom stereocenters. The number of rotatable bonds is 5. The summed E-state index contributed by atoms with van der Waals surface area (Å²) in [5.41, 5.74) is 1.10. The maximum absolute atomic E-state index is 12.1. The molecule has 2 aliphatic carbocycles. The van der Waals surface area contributed by atoms with Crippen LogP contribution in [0.4, 0.5) is 0 Å². The van der Waals surface area contributed by atoms with E-state index < -0.39 is 17.5 Å². The van der Waals surface area contributed by atoms with Crippen LogP contribution in [0.25, 0.3) is 0 Å². The molecule has 0 radical (unpaired) electrons. The first-order valence-electron chi connectivity index (χ1n) is 9.79. The van der Waals surface area contributed by atoms with Gasteiger partial charge in [0.1, 0.15) is 6.10 Å². The highest BCUT2D eigenvalue weighted by Crippen LogP contribution is 2.62. The molecule has 1 heterocycles. The van der Waals surface area contributed by atoms with Gasteiger partial charge in [0.05, 0.1) is 17.9 Å². The normalized spacial score (nSPS) is 34.6. The van der Waals surface area contributed by atoms with Gasteiger partial charge in [-0.25, -0.2) is 0 Å². The van der Waals surface area contributed by atoms with Gasteiger partial charge in [0.25, 0.3) is 0 Å². The number of carboxylic acid groups (broad SMARTS) is 1. The Morgan fingerprint density at radius 3 is 2.74 bits per heavy atom. The van der Waals surface area contributed by atoms with Crippen molar-refractivity contribution in [1.29, 1.82) is 0 Å². The average molecular weight is 374 g/mol. The minimum atomic E-state index is -0.710. The lowest BCUT2D eigenvalue weighted by Crippen LogP contribution is -2.53. The number of allylic oxidation sites excluding steroid dienone is 1. The second-order valence-electron chi connectivity index (χ2n) is 8.77. The Kier molecular flexibility index (Phi) is 5.24. The van der Waals surface area contributed by atoms with Crippen molar-refractivity contribution in [2.75, 3.05) is 0 Å². The molecule has 0 aliphatic heterocycles. The molecule has 27 heavy (non-hydrogen) atoms. The molecule has 1 N–H and O–H groups in total. The second kappa shape index (κ2) is 7.17. The summed E-state index contributed by atoms with van der Waals surface area (Å²) in [5.74, 6) is -0.831. The number of aliphatic carboxylic acids is 1. The lowest BCUT2D eigenvalue weighted by atomic mass is 9.46. The SMILES string of the molecule is C=C1CC[C@@H]2[C@@](C)(CCC[C@@]2(C)C(=O)O)[C@@H]1C[C@@H](OC(C)=O)c1ccoc1. The molecule has 5 atom stereocenters. The molecule has 0 aromatic carbocycles. The Hall–Kier alpha value is -2.04. The van der Waals surface area contributed by atoms with Crippen LogP contribution >= 0.6 is 0 Å². The van der Waals surface area contributed by atoms with Crippen molar-refractivity contribution in [2.24, 2.45) is 22.7 Å². The number of esters is 1. The van der Waals surface area contributed by atoms with Crippen LogP contribution in [-0.2, 0) is 14.3 Å². The highest BCUT2D eigenvalue weighted by atomic mass is 16.5. The number of carbonyl (C=O) groups is 2. The molecule has 0 bridgehead atoms. The van der Waals surface area contributed by atoms with Crippen LogP contribution < -0.4 is 0 Å². The Balaban J connectivity index is 1.94. The molecule has 1 aromatic heterocycles. The summed E-state index contributed by atoms with van der Waals surface area (Å²) in [6.45, 7) is 9.86. The molecular weight excluding hydrogens is 344 g/mol. The Bertz CT molecular complexity index is 721.